The maximum Gasteiger partial charge on any atom is 0.313 e. The summed E-state index contributed by atoms with van der Waals surface area (Å²) in [5.74, 6) is -0.639. The van der Waals surface area contributed by atoms with E-state index >= 15 is 0 Å². The van der Waals surface area contributed by atoms with Gasteiger partial charge < -0.3 is 9.64 Å². The second kappa shape index (κ2) is 5.29. The van der Waals surface area contributed by atoms with E-state index in [0.29, 0.717) is 19.1 Å². The van der Waals surface area contributed by atoms with Gasteiger partial charge in [0.05, 0.1) is 30.4 Å². The van der Waals surface area contributed by atoms with Crippen molar-refractivity contribution in [2.45, 2.75) is 6.04 Å². The second-order valence-corrected chi connectivity index (χ2v) is 4.96. The van der Waals surface area contributed by atoms with Crippen LogP contribution >= 0.6 is 0 Å². The zero-order chi connectivity index (χ0) is 14.1. The lowest BCUT2D eigenvalue weighted by molar-refractivity contribution is -0.384. The van der Waals surface area contributed by atoms with Gasteiger partial charge in [0.1, 0.15) is 6.20 Å². The number of anilines is 1. The lowest BCUT2D eigenvalue weighted by Crippen LogP contribution is -2.56. The summed E-state index contributed by atoms with van der Waals surface area (Å²) in [5.41, 5.74) is -0.222. The van der Waals surface area contributed by atoms with Crippen LogP contribution in [-0.2, 0) is 4.74 Å². The van der Waals surface area contributed by atoms with Gasteiger partial charge in [0.15, 0.2) is 11.5 Å². The van der Waals surface area contributed by atoms with E-state index in [2.05, 4.69) is 9.88 Å². The van der Waals surface area contributed by atoms with Crippen molar-refractivity contribution in [2.24, 2.45) is 0 Å². The minimum absolute atomic E-state index is 0.0505. The predicted molar refractivity (Wildman–Crippen MR) is 69.2 cm³/mol. The van der Waals surface area contributed by atoms with E-state index < -0.39 is 10.7 Å². The number of ether oxygens (including phenoxy) is 1. The molecule has 0 amide bonds. The van der Waals surface area contributed by atoms with Crippen molar-refractivity contribution in [2.75, 3.05) is 44.3 Å². The first kappa shape index (κ1) is 13.2. The van der Waals surface area contributed by atoms with E-state index in [9.17, 15) is 14.5 Å². The molecule has 2 saturated heterocycles. The molecule has 0 N–H and O–H groups in total. The van der Waals surface area contributed by atoms with Crippen molar-refractivity contribution in [1.29, 1.82) is 0 Å². The summed E-state index contributed by atoms with van der Waals surface area (Å²) >= 11 is 0. The quantitative estimate of drug-likeness (QED) is 0.599. The van der Waals surface area contributed by atoms with E-state index in [-0.39, 0.29) is 11.4 Å². The van der Waals surface area contributed by atoms with Gasteiger partial charge >= 0.3 is 5.69 Å². The standard InChI is InChI=1S/C12H15FN4O3/c13-10-5-14-6-11(17(18)19)12(10)16-3-1-15(2-4-16)9-7-20-8-9/h5-6,9H,1-4,7-8H2. The van der Waals surface area contributed by atoms with Crippen molar-refractivity contribution in [3.8, 4) is 0 Å². The Morgan fingerprint density at radius 1 is 1.30 bits per heavy atom. The van der Waals surface area contributed by atoms with Crippen molar-refractivity contribution in [3.63, 3.8) is 0 Å². The molecule has 2 fully saturated rings. The van der Waals surface area contributed by atoms with Gasteiger partial charge in [-0.15, -0.1) is 0 Å². The van der Waals surface area contributed by atoms with E-state index in [0.717, 1.165) is 38.7 Å². The van der Waals surface area contributed by atoms with Crippen LogP contribution in [0.15, 0.2) is 12.4 Å². The Bertz CT molecular complexity index is 515. The van der Waals surface area contributed by atoms with Gasteiger partial charge in [0, 0.05) is 26.2 Å². The van der Waals surface area contributed by atoms with Crippen LogP contribution in [0, 0.1) is 15.9 Å². The molecule has 7 nitrogen and oxygen atoms in total. The van der Waals surface area contributed by atoms with Crippen LogP contribution in [0.3, 0.4) is 0 Å². The summed E-state index contributed by atoms with van der Waals surface area (Å²) in [5, 5.41) is 11.0. The molecule has 2 aliphatic rings. The topological polar surface area (TPSA) is 71.7 Å². The van der Waals surface area contributed by atoms with E-state index in [1.165, 1.54) is 0 Å². The highest BCUT2D eigenvalue weighted by molar-refractivity contribution is 5.62. The monoisotopic (exact) mass is 282 g/mol. The normalized spacial score (nSPS) is 20.8. The second-order valence-electron chi connectivity index (χ2n) is 4.96. The maximum atomic E-state index is 13.9. The summed E-state index contributed by atoms with van der Waals surface area (Å²) in [4.78, 5) is 18.0. The smallest absolute Gasteiger partial charge is 0.313 e. The molecule has 1 aromatic heterocycles. The predicted octanol–water partition coefficient (Wildman–Crippen LogP) is 0.650. The number of pyridine rings is 1. The molecule has 1 aromatic rings. The van der Waals surface area contributed by atoms with Gasteiger partial charge in [0.2, 0.25) is 0 Å². The molecule has 2 aliphatic heterocycles. The fraction of sp³-hybridized carbons (Fsp3) is 0.583. The largest absolute Gasteiger partial charge is 0.378 e. The minimum atomic E-state index is -0.639. The van der Waals surface area contributed by atoms with Gasteiger partial charge in [0.25, 0.3) is 0 Å². The van der Waals surface area contributed by atoms with Crippen LogP contribution in [0.25, 0.3) is 0 Å². The van der Waals surface area contributed by atoms with E-state index in [1.54, 1.807) is 4.90 Å². The van der Waals surface area contributed by atoms with Crippen LogP contribution in [0.4, 0.5) is 15.8 Å². The Morgan fingerprint density at radius 3 is 2.55 bits per heavy atom. The highest BCUT2D eigenvalue weighted by Crippen LogP contribution is 2.31. The van der Waals surface area contributed by atoms with Crippen molar-refractivity contribution >= 4 is 11.4 Å². The molecule has 0 radical (unpaired) electrons. The molecular formula is C12H15FN4O3. The van der Waals surface area contributed by atoms with Gasteiger partial charge in [-0.1, -0.05) is 0 Å². The summed E-state index contributed by atoms with van der Waals surface area (Å²) < 4.78 is 19.0. The molecule has 20 heavy (non-hydrogen) atoms. The Balaban J connectivity index is 1.75. The van der Waals surface area contributed by atoms with Gasteiger partial charge in [-0.3, -0.25) is 20.0 Å². The van der Waals surface area contributed by atoms with Crippen LogP contribution in [-0.4, -0.2) is 60.2 Å². The number of aromatic nitrogens is 1. The summed E-state index contributed by atoms with van der Waals surface area (Å²) in [7, 11) is 0. The van der Waals surface area contributed by atoms with Crippen LogP contribution in [0.5, 0.6) is 0 Å². The van der Waals surface area contributed by atoms with E-state index in [4.69, 9.17) is 4.74 Å². The summed E-state index contributed by atoms with van der Waals surface area (Å²) in [6.45, 7) is 4.13. The number of nitro groups is 1. The van der Waals surface area contributed by atoms with Gasteiger partial charge in [-0.25, -0.2) is 4.39 Å². The van der Waals surface area contributed by atoms with Crippen LogP contribution in [0.2, 0.25) is 0 Å². The molecule has 0 unspecified atom stereocenters. The van der Waals surface area contributed by atoms with Gasteiger partial charge in [-0.2, -0.15) is 0 Å². The number of hydrogen-bond acceptors (Lipinski definition) is 6. The fourth-order valence-electron chi connectivity index (χ4n) is 2.61. The first-order valence-electron chi connectivity index (χ1n) is 6.51. The molecule has 108 valence electrons. The summed E-state index contributed by atoms with van der Waals surface area (Å²) in [6, 6.07) is 0.439. The zero-order valence-electron chi connectivity index (χ0n) is 10.9. The number of piperazine rings is 1. The molecule has 3 rings (SSSR count). The number of rotatable bonds is 3. The molecule has 8 heteroatoms. The van der Waals surface area contributed by atoms with Gasteiger partial charge in [-0.05, 0) is 0 Å². The first-order valence-corrected chi connectivity index (χ1v) is 6.51. The number of nitrogens with zero attached hydrogens (tertiary/aromatic N) is 4. The van der Waals surface area contributed by atoms with Crippen LogP contribution in [0.1, 0.15) is 0 Å². The van der Waals surface area contributed by atoms with Crippen molar-refractivity contribution in [1.82, 2.24) is 9.88 Å². The maximum absolute atomic E-state index is 13.9. The molecular weight excluding hydrogens is 267 g/mol. The lowest BCUT2D eigenvalue weighted by atomic mass is 10.1. The summed E-state index contributed by atoms with van der Waals surface area (Å²) in [6.07, 6.45) is 2.12. The number of halogens is 1. The average molecular weight is 282 g/mol. The van der Waals surface area contributed by atoms with Crippen molar-refractivity contribution < 1.29 is 14.1 Å². The molecule has 0 aromatic carbocycles. The van der Waals surface area contributed by atoms with E-state index in [1.807, 2.05) is 0 Å². The molecule has 3 heterocycles. The molecule has 0 bridgehead atoms. The third-order valence-corrected chi connectivity index (χ3v) is 3.82. The van der Waals surface area contributed by atoms with Crippen LogP contribution < -0.4 is 4.90 Å². The average Bonchev–Trinajstić information content (AvgIpc) is 2.37. The number of hydrogen-bond donors (Lipinski definition) is 0. The molecule has 0 spiro atoms. The zero-order valence-corrected chi connectivity index (χ0v) is 10.9. The Labute approximate surface area is 115 Å². The molecule has 0 aliphatic carbocycles. The fourth-order valence-corrected chi connectivity index (χ4v) is 2.61. The third kappa shape index (κ3) is 2.32. The third-order valence-electron chi connectivity index (χ3n) is 3.82. The molecule has 0 saturated carbocycles. The highest BCUT2D eigenvalue weighted by atomic mass is 19.1. The SMILES string of the molecule is O=[N+]([O-])c1cncc(F)c1N1CCN(C2COC2)CC1. The lowest BCUT2D eigenvalue weighted by Gasteiger charge is -2.43. The highest BCUT2D eigenvalue weighted by Gasteiger charge is 2.32. The van der Waals surface area contributed by atoms with Crippen molar-refractivity contribution in [3.05, 3.63) is 28.3 Å². The molecule has 0 atom stereocenters. The first-order chi connectivity index (χ1) is 9.66. The Morgan fingerprint density at radius 2 is 2.00 bits per heavy atom. The Hall–Kier alpha value is -1.80. The minimum Gasteiger partial charge on any atom is -0.378 e. The Kier molecular flexibility index (Phi) is 3.49.